The molecule has 0 aliphatic rings. The van der Waals surface area contributed by atoms with E-state index in [0.29, 0.717) is 12.2 Å². The first-order chi connectivity index (χ1) is 8.79. The highest BCUT2D eigenvalue weighted by molar-refractivity contribution is 7.85. The third kappa shape index (κ3) is 5.53. The lowest BCUT2D eigenvalue weighted by Crippen LogP contribution is -2.08. The molecule has 0 aliphatic carbocycles. The monoisotopic (exact) mass is 290 g/mol. The molecule has 1 aromatic rings. The Morgan fingerprint density at radius 3 is 2.58 bits per heavy atom. The molecule has 19 heavy (non-hydrogen) atoms. The number of hydrogen-bond acceptors (Lipinski definition) is 7. The highest BCUT2D eigenvalue weighted by Gasteiger charge is 2.11. The predicted octanol–water partition coefficient (Wildman–Crippen LogP) is 0.922. The first-order valence-corrected chi connectivity index (χ1v) is 7.12. The van der Waals surface area contributed by atoms with Crippen LogP contribution in [-0.2, 0) is 14.3 Å². The number of nitrogens with zero attached hydrogens (tertiary/aromatic N) is 1. The van der Waals surface area contributed by atoms with E-state index in [0.717, 1.165) is 6.26 Å². The first-order valence-electron chi connectivity index (χ1n) is 5.31. The van der Waals surface area contributed by atoms with Gasteiger partial charge in [-0.15, -0.1) is 0 Å². The third-order valence-corrected chi connectivity index (χ3v) is 2.65. The Hall–Kier alpha value is -1.87. The quantitative estimate of drug-likeness (QED) is 0.260. The summed E-state index contributed by atoms with van der Waals surface area (Å²) in [5.74, 6) is 0.377. The minimum absolute atomic E-state index is 0.00915. The molecule has 0 amide bonds. The lowest BCUT2D eigenvalue weighted by molar-refractivity contribution is -0.383. The lowest BCUT2D eigenvalue weighted by atomic mass is 10.2. The first kappa shape index (κ1) is 15.2. The predicted molar refractivity (Wildman–Crippen MR) is 68.4 cm³/mol. The molecular formula is C10H14N2O6S. The Kier molecular flexibility index (Phi) is 5.07. The van der Waals surface area contributed by atoms with Crippen LogP contribution in [0.2, 0.25) is 0 Å². The molecule has 106 valence electrons. The summed E-state index contributed by atoms with van der Waals surface area (Å²) in [6, 6.07) is 4.01. The van der Waals surface area contributed by atoms with Gasteiger partial charge < -0.3 is 10.5 Å². The number of nitrogen functional groups attached to an aromatic ring is 1. The fourth-order valence-electron chi connectivity index (χ4n) is 1.25. The van der Waals surface area contributed by atoms with Gasteiger partial charge in [0, 0.05) is 18.6 Å². The van der Waals surface area contributed by atoms with Gasteiger partial charge in [-0.3, -0.25) is 14.3 Å². The van der Waals surface area contributed by atoms with Crippen molar-refractivity contribution >= 4 is 21.5 Å². The molecule has 0 saturated carbocycles. The van der Waals surface area contributed by atoms with Gasteiger partial charge >= 0.3 is 0 Å². The van der Waals surface area contributed by atoms with Crippen LogP contribution in [0.4, 0.5) is 11.4 Å². The second-order valence-electron chi connectivity index (χ2n) is 3.71. The molecule has 0 bridgehead atoms. The van der Waals surface area contributed by atoms with Gasteiger partial charge in [-0.25, -0.2) is 0 Å². The van der Waals surface area contributed by atoms with Gasteiger partial charge in [0.15, 0.2) is 0 Å². The van der Waals surface area contributed by atoms with E-state index in [2.05, 4.69) is 4.18 Å². The number of benzene rings is 1. The molecule has 0 fully saturated rings. The lowest BCUT2D eigenvalue weighted by Gasteiger charge is -2.06. The van der Waals surface area contributed by atoms with Crippen LogP contribution in [0.5, 0.6) is 5.75 Å². The zero-order chi connectivity index (χ0) is 14.5. The maximum Gasteiger partial charge on any atom is 0.292 e. The molecule has 2 N–H and O–H groups in total. The van der Waals surface area contributed by atoms with Crippen LogP contribution in [0.25, 0.3) is 0 Å². The Morgan fingerprint density at radius 2 is 2.05 bits per heavy atom. The molecule has 0 unspecified atom stereocenters. The number of nitro groups is 1. The van der Waals surface area contributed by atoms with E-state index in [9.17, 15) is 18.5 Å². The third-order valence-electron chi connectivity index (χ3n) is 2.05. The zero-order valence-electron chi connectivity index (χ0n) is 10.2. The summed E-state index contributed by atoms with van der Waals surface area (Å²) in [5, 5.41) is 10.5. The maximum atomic E-state index is 10.7. The van der Waals surface area contributed by atoms with Crippen LogP contribution in [0, 0.1) is 10.1 Å². The fourth-order valence-corrected chi connectivity index (χ4v) is 1.67. The van der Waals surface area contributed by atoms with Crippen molar-refractivity contribution in [2.75, 3.05) is 25.2 Å². The van der Waals surface area contributed by atoms with Gasteiger partial charge in [-0.1, -0.05) is 0 Å². The molecule has 0 saturated heterocycles. The van der Waals surface area contributed by atoms with Crippen molar-refractivity contribution in [2.24, 2.45) is 0 Å². The van der Waals surface area contributed by atoms with Crippen LogP contribution in [0.15, 0.2) is 18.2 Å². The van der Waals surface area contributed by atoms with Gasteiger partial charge in [0.1, 0.15) is 11.4 Å². The number of ether oxygens (including phenoxy) is 1. The van der Waals surface area contributed by atoms with Crippen LogP contribution in [-0.4, -0.2) is 32.8 Å². The van der Waals surface area contributed by atoms with Gasteiger partial charge in [-0.2, -0.15) is 8.42 Å². The smallest absolute Gasteiger partial charge is 0.292 e. The van der Waals surface area contributed by atoms with Gasteiger partial charge in [0.25, 0.3) is 15.8 Å². The Bertz CT molecular complexity index is 557. The second kappa shape index (κ2) is 6.34. The summed E-state index contributed by atoms with van der Waals surface area (Å²) in [7, 11) is -3.44. The number of nitrogens with two attached hydrogens (primary N) is 1. The fraction of sp³-hybridized carbons (Fsp3) is 0.400. The summed E-state index contributed by atoms with van der Waals surface area (Å²) >= 11 is 0. The van der Waals surface area contributed by atoms with Gasteiger partial charge in [0.2, 0.25) is 0 Å². The van der Waals surface area contributed by atoms with Crippen LogP contribution >= 0.6 is 0 Å². The van der Waals surface area contributed by atoms with Crippen LogP contribution < -0.4 is 10.5 Å². The van der Waals surface area contributed by atoms with Crippen molar-refractivity contribution < 1.29 is 22.3 Å². The highest BCUT2D eigenvalue weighted by Crippen LogP contribution is 2.25. The molecule has 0 aromatic heterocycles. The van der Waals surface area contributed by atoms with E-state index in [1.54, 1.807) is 0 Å². The zero-order valence-corrected chi connectivity index (χ0v) is 11.1. The molecule has 8 nitrogen and oxygen atoms in total. The summed E-state index contributed by atoms with van der Waals surface area (Å²) in [6.45, 7) is 0.230. The van der Waals surface area contributed by atoms with E-state index in [1.807, 2.05) is 0 Å². The average Bonchev–Trinajstić information content (AvgIpc) is 2.26. The second-order valence-corrected chi connectivity index (χ2v) is 5.35. The van der Waals surface area contributed by atoms with Crippen molar-refractivity contribution in [3.8, 4) is 5.75 Å². The van der Waals surface area contributed by atoms with E-state index >= 15 is 0 Å². The standard InChI is InChI=1S/C10H14N2O6S/c1-19(15,16)18-6-2-5-17-8-3-4-10(12(13)14)9(11)7-8/h3-4,7H,2,5-6,11H2,1H3. The average molecular weight is 290 g/mol. The molecule has 0 spiro atoms. The largest absolute Gasteiger partial charge is 0.493 e. The number of rotatable bonds is 7. The van der Waals surface area contributed by atoms with Crippen LogP contribution in [0.3, 0.4) is 0 Å². The van der Waals surface area contributed by atoms with Crippen molar-refractivity contribution in [3.63, 3.8) is 0 Å². The van der Waals surface area contributed by atoms with Gasteiger partial charge in [-0.05, 0) is 6.07 Å². The topological polar surface area (TPSA) is 122 Å². The normalized spacial score (nSPS) is 11.2. The Balaban J connectivity index is 2.42. The van der Waals surface area contributed by atoms with E-state index < -0.39 is 15.0 Å². The number of nitro benzene ring substituents is 1. The number of anilines is 1. The minimum Gasteiger partial charge on any atom is -0.493 e. The molecule has 9 heteroatoms. The summed E-state index contributed by atoms with van der Waals surface area (Å²) in [4.78, 5) is 9.95. The van der Waals surface area contributed by atoms with Gasteiger partial charge in [0.05, 0.1) is 24.4 Å². The van der Waals surface area contributed by atoms with Crippen molar-refractivity contribution in [3.05, 3.63) is 28.3 Å². The van der Waals surface area contributed by atoms with Crippen molar-refractivity contribution in [1.82, 2.24) is 0 Å². The molecular weight excluding hydrogens is 276 g/mol. The van der Waals surface area contributed by atoms with E-state index in [1.165, 1.54) is 18.2 Å². The van der Waals surface area contributed by atoms with E-state index in [4.69, 9.17) is 10.5 Å². The summed E-state index contributed by atoms with van der Waals surface area (Å²) < 4.78 is 31.1. The maximum absolute atomic E-state index is 10.7. The molecule has 0 atom stereocenters. The molecule has 1 aromatic carbocycles. The molecule has 0 aliphatic heterocycles. The Labute approximate surface area is 110 Å². The molecule has 0 radical (unpaired) electrons. The Morgan fingerprint density at radius 1 is 1.37 bits per heavy atom. The minimum atomic E-state index is -3.44. The summed E-state index contributed by atoms with van der Waals surface area (Å²) in [5.41, 5.74) is 5.31. The SMILES string of the molecule is CS(=O)(=O)OCCCOc1ccc([N+](=O)[O-])c(N)c1. The van der Waals surface area contributed by atoms with Crippen molar-refractivity contribution in [1.29, 1.82) is 0 Å². The van der Waals surface area contributed by atoms with E-state index in [-0.39, 0.29) is 24.6 Å². The highest BCUT2D eigenvalue weighted by atomic mass is 32.2. The molecule has 0 heterocycles. The number of hydrogen-bond donors (Lipinski definition) is 1. The molecule has 1 rings (SSSR count). The van der Waals surface area contributed by atoms with Crippen molar-refractivity contribution in [2.45, 2.75) is 6.42 Å². The van der Waals surface area contributed by atoms with Crippen LogP contribution in [0.1, 0.15) is 6.42 Å². The summed E-state index contributed by atoms with van der Waals surface area (Å²) in [6.07, 6.45) is 1.33.